The monoisotopic (exact) mass is 310 g/mol. The lowest BCUT2D eigenvalue weighted by molar-refractivity contribution is 0.106. The highest BCUT2D eigenvalue weighted by Crippen LogP contribution is 2.17. The molecule has 0 aliphatic carbocycles. The third-order valence-electron chi connectivity index (χ3n) is 3.41. The Hall–Kier alpha value is -2.84. The first kappa shape index (κ1) is 16.5. The van der Waals surface area contributed by atoms with Crippen molar-refractivity contribution >= 4 is 6.09 Å². The molecule has 1 amide bonds. The van der Waals surface area contributed by atoms with Gasteiger partial charge in [-0.15, -0.1) is 0 Å². The van der Waals surface area contributed by atoms with Crippen LogP contribution < -0.4 is 5.32 Å². The van der Waals surface area contributed by atoms with Crippen LogP contribution in [-0.2, 0) is 11.3 Å². The molecule has 0 spiro atoms. The van der Waals surface area contributed by atoms with E-state index in [1.165, 1.54) is 0 Å². The molecule has 0 heterocycles. The van der Waals surface area contributed by atoms with E-state index in [1.54, 1.807) is 31.2 Å². The first-order chi connectivity index (χ1) is 11.1. The molecule has 23 heavy (non-hydrogen) atoms. The highest BCUT2D eigenvalue weighted by atomic mass is 16.5. The van der Waals surface area contributed by atoms with E-state index in [-0.39, 0.29) is 6.61 Å². The second kappa shape index (κ2) is 7.97. The number of hydrogen-bond acceptors (Lipinski definition) is 4. The summed E-state index contributed by atoms with van der Waals surface area (Å²) in [4.78, 5) is 11.8. The van der Waals surface area contributed by atoms with Crippen molar-refractivity contribution in [2.45, 2.75) is 25.7 Å². The number of benzene rings is 2. The summed E-state index contributed by atoms with van der Waals surface area (Å²) < 4.78 is 5.12. The van der Waals surface area contributed by atoms with E-state index in [0.717, 1.165) is 5.56 Å². The second-order valence-corrected chi connectivity index (χ2v) is 5.17. The van der Waals surface area contributed by atoms with Gasteiger partial charge in [-0.05, 0) is 30.2 Å². The van der Waals surface area contributed by atoms with Gasteiger partial charge in [-0.1, -0.05) is 42.5 Å². The summed E-state index contributed by atoms with van der Waals surface area (Å²) in [7, 11) is 0. The number of nitrogens with zero attached hydrogens (tertiary/aromatic N) is 1. The Labute approximate surface area is 135 Å². The van der Waals surface area contributed by atoms with E-state index < -0.39 is 18.2 Å². The van der Waals surface area contributed by atoms with Gasteiger partial charge in [-0.2, -0.15) is 5.26 Å². The fourth-order valence-electron chi connectivity index (χ4n) is 2.07. The van der Waals surface area contributed by atoms with Crippen LogP contribution in [-0.4, -0.2) is 17.2 Å². The zero-order chi connectivity index (χ0) is 16.7. The van der Waals surface area contributed by atoms with Crippen LogP contribution in [0.2, 0.25) is 0 Å². The lowest BCUT2D eigenvalue weighted by Gasteiger charge is -2.20. The van der Waals surface area contributed by atoms with Crippen LogP contribution in [0.3, 0.4) is 0 Å². The average Bonchev–Trinajstić information content (AvgIpc) is 2.60. The molecule has 5 nitrogen and oxygen atoms in total. The van der Waals surface area contributed by atoms with Gasteiger partial charge in [0, 0.05) is 0 Å². The van der Waals surface area contributed by atoms with Crippen molar-refractivity contribution in [3.63, 3.8) is 0 Å². The summed E-state index contributed by atoms with van der Waals surface area (Å²) in [5.74, 6) is 0. The molecular formula is C18H18N2O3. The van der Waals surface area contributed by atoms with Crippen molar-refractivity contribution in [3.05, 3.63) is 71.3 Å². The van der Waals surface area contributed by atoms with E-state index in [9.17, 15) is 9.90 Å². The molecule has 2 aromatic carbocycles. The van der Waals surface area contributed by atoms with E-state index in [4.69, 9.17) is 10.00 Å². The molecule has 0 bridgehead atoms. The summed E-state index contributed by atoms with van der Waals surface area (Å²) in [6.07, 6.45) is -1.47. The number of carbonyl (C=O) groups excluding carboxylic acids is 1. The van der Waals surface area contributed by atoms with E-state index >= 15 is 0 Å². The van der Waals surface area contributed by atoms with Gasteiger partial charge in [0.25, 0.3) is 0 Å². The van der Waals surface area contributed by atoms with Crippen LogP contribution in [0.4, 0.5) is 4.79 Å². The molecule has 2 aromatic rings. The molecule has 5 heteroatoms. The quantitative estimate of drug-likeness (QED) is 0.889. The highest BCUT2D eigenvalue weighted by Gasteiger charge is 2.19. The maximum atomic E-state index is 11.8. The van der Waals surface area contributed by atoms with Gasteiger partial charge in [0.2, 0.25) is 0 Å². The molecule has 0 unspecified atom stereocenters. The van der Waals surface area contributed by atoms with Crippen molar-refractivity contribution in [1.29, 1.82) is 5.26 Å². The number of amides is 1. The van der Waals surface area contributed by atoms with Crippen LogP contribution in [0, 0.1) is 11.3 Å². The molecule has 0 saturated heterocycles. The van der Waals surface area contributed by atoms with E-state index in [2.05, 4.69) is 5.32 Å². The summed E-state index contributed by atoms with van der Waals surface area (Å²) in [5.41, 5.74) is 2.03. The first-order valence-electron chi connectivity index (χ1n) is 7.25. The number of hydrogen-bond donors (Lipinski definition) is 2. The van der Waals surface area contributed by atoms with Crippen LogP contribution in [0.25, 0.3) is 0 Å². The molecule has 0 saturated carbocycles. The number of carbonyl (C=O) groups is 1. The van der Waals surface area contributed by atoms with Crippen molar-refractivity contribution in [3.8, 4) is 6.07 Å². The number of aliphatic hydroxyl groups excluding tert-OH is 1. The Balaban J connectivity index is 1.86. The number of nitriles is 1. The number of ether oxygens (including phenoxy) is 1. The minimum Gasteiger partial charge on any atom is -0.445 e. The topological polar surface area (TPSA) is 82.3 Å². The number of aliphatic hydroxyl groups is 1. The summed E-state index contributed by atoms with van der Waals surface area (Å²) in [6, 6.07) is 17.4. The maximum Gasteiger partial charge on any atom is 0.407 e. The van der Waals surface area contributed by atoms with Crippen LogP contribution in [0.5, 0.6) is 0 Å². The van der Waals surface area contributed by atoms with Crippen molar-refractivity contribution in [2.24, 2.45) is 0 Å². The Morgan fingerprint density at radius 2 is 1.87 bits per heavy atom. The zero-order valence-electron chi connectivity index (χ0n) is 12.8. The summed E-state index contributed by atoms with van der Waals surface area (Å²) in [6.45, 7) is 1.86. The molecule has 118 valence electrons. The van der Waals surface area contributed by atoms with Gasteiger partial charge in [-0.3, -0.25) is 0 Å². The average molecular weight is 310 g/mol. The van der Waals surface area contributed by atoms with E-state index in [0.29, 0.717) is 11.1 Å². The van der Waals surface area contributed by atoms with Gasteiger partial charge < -0.3 is 15.2 Å². The van der Waals surface area contributed by atoms with Gasteiger partial charge in [0.1, 0.15) is 6.61 Å². The predicted octanol–water partition coefficient (Wildman–Crippen LogP) is 2.91. The van der Waals surface area contributed by atoms with Crippen LogP contribution >= 0.6 is 0 Å². The second-order valence-electron chi connectivity index (χ2n) is 5.17. The van der Waals surface area contributed by atoms with Crippen molar-refractivity contribution < 1.29 is 14.6 Å². The molecule has 2 atom stereocenters. The SMILES string of the molecule is C[C@H](NC(=O)OCc1ccccc1)[C@@H](O)c1ccc(C#N)cc1. The standard InChI is InChI=1S/C18H18N2O3/c1-13(17(21)16-9-7-14(11-19)8-10-16)20-18(22)23-12-15-5-3-2-4-6-15/h2-10,13,17,21H,12H2,1H3,(H,20,22)/t13-,17+/m0/s1. The minimum atomic E-state index is -0.882. The molecule has 0 aliphatic heterocycles. The predicted molar refractivity (Wildman–Crippen MR) is 85.3 cm³/mol. The number of nitrogens with one attached hydrogen (secondary N) is 1. The lowest BCUT2D eigenvalue weighted by atomic mass is 10.0. The Morgan fingerprint density at radius 1 is 1.22 bits per heavy atom. The Kier molecular flexibility index (Phi) is 5.73. The third-order valence-corrected chi connectivity index (χ3v) is 3.41. The summed E-state index contributed by atoms with van der Waals surface area (Å²) in [5, 5.41) is 21.6. The van der Waals surface area contributed by atoms with Crippen LogP contribution in [0.15, 0.2) is 54.6 Å². The van der Waals surface area contributed by atoms with Gasteiger partial charge >= 0.3 is 6.09 Å². The largest absolute Gasteiger partial charge is 0.445 e. The smallest absolute Gasteiger partial charge is 0.407 e. The highest BCUT2D eigenvalue weighted by molar-refractivity contribution is 5.67. The molecule has 2 N–H and O–H groups in total. The molecule has 0 aromatic heterocycles. The molecule has 0 fully saturated rings. The molecule has 2 rings (SSSR count). The zero-order valence-corrected chi connectivity index (χ0v) is 12.8. The van der Waals surface area contributed by atoms with Crippen LogP contribution in [0.1, 0.15) is 29.7 Å². The Morgan fingerprint density at radius 3 is 2.48 bits per heavy atom. The summed E-state index contributed by atoms with van der Waals surface area (Å²) >= 11 is 0. The normalized spacial score (nSPS) is 12.7. The van der Waals surface area contributed by atoms with Crippen molar-refractivity contribution in [2.75, 3.05) is 0 Å². The van der Waals surface area contributed by atoms with Gasteiger partial charge in [0.05, 0.1) is 23.8 Å². The molecule has 0 aliphatic rings. The van der Waals surface area contributed by atoms with Gasteiger partial charge in [-0.25, -0.2) is 4.79 Å². The first-order valence-corrected chi connectivity index (χ1v) is 7.25. The lowest BCUT2D eigenvalue weighted by Crippen LogP contribution is -2.37. The minimum absolute atomic E-state index is 0.173. The fraction of sp³-hybridized carbons (Fsp3) is 0.222. The number of alkyl carbamates (subject to hydrolysis) is 1. The van der Waals surface area contributed by atoms with Crippen molar-refractivity contribution in [1.82, 2.24) is 5.32 Å². The fourth-order valence-corrected chi connectivity index (χ4v) is 2.07. The number of rotatable bonds is 5. The Bertz CT molecular complexity index is 678. The maximum absolute atomic E-state index is 11.8. The molecule has 0 radical (unpaired) electrons. The third kappa shape index (κ3) is 4.83. The van der Waals surface area contributed by atoms with E-state index in [1.807, 2.05) is 36.4 Å². The molecular weight excluding hydrogens is 292 g/mol. The van der Waals surface area contributed by atoms with Gasteiger partial charge in [0.15, 0.2) is 0 Å².